The highest BCUT2D eigenvalue weighted by Crippen LogP contribution is 2.33. The molecule has 0 fully saturated rings. The molecular formula is C7H12F6N2. The highest BCUT2D eigenvalue weighted by Gasteiger charge is 2.57. The van der Waals surface area contributed by atoms with Gasteiger partial charge in [-0.25, -0.2) is 9.40 Å². The minimum absolute atomic E-state index is 0.0384. The third kappa shape index (κ3) is 4.25. The van der Waals surface area contributed by atoms with Crippen LogP contribution in [0.25, 0.3) is 0 Å². The maximum Gasteiger partial charge on any atom is 0.427 e. The molecule has 8 heteroatoms. The zero-order chi connectivity index (χ0) is 12.3. The zero-order valence-corrected chi connectivity index (χ0v) is 8.21. The Balaban J connectivity index is 4.53. The van der Waals surface area contributed by atoms with E-state index in [2.05, 4.69) is 0 Å². The summed E-state index contributed by atoms with van der Waals surface area (Å²) < 4.78 is 72.8. The minimum atomic E-state index is -5.58. The Kier molecular flexibility index (Phi) is 4.85. The van der Waals surface area contributed by atoms with Crippen LogP contribution < -0.4 is 5.43 Å². The van der Waals surface area contributed by atoms with Gasteiger partial charge in [0.15, 0.2) is 0 Å². The molecule has 2 nitrogen and oxygen atoms in total. The highest BCUT2D eigenvalue weighted by atomic mass is 19.4. The summed E-state index contributed by atoms with van der Waals surface area (Å²) in [6.07, 6.45) is -9.80. The van der Waals surface area contributed by atoms with Crippen LogP contribution in [0.5, 0.6) is 0 Å². The molecular weight excluding hydrogens is 226 g/mol. The van der Waals surface area contributed by atoms with E-state index in [0.717, 1.165) is 5.01 Å². The number of alkyl halides is 6. The lowest BCUT2D eigenvalue weighted by Gasteiger charge is -2.29. The lowest BCUT2D eigenvalue weighted by atomic mass is 10.3. The van der Waals surface area contributed by atoms with Gasteiger partial charge in [-0.15, -0.1) is 0 Å². The van der Waals surface area contributed by atoms with Crippen molar-refractivity contribution in [2.75, 3.05) is 13.1 Å². The molecule has 0 radical (unpaired) electrons. The molecule has 0 saturated heterocycles. The minimum Gasteiger partial charge on any atom is -0.240 e. The van der Waals surface area contributed by atoms with Crippen molar-refractivity contribution in [2.24, 2.45) is 0 Å². The average molecular weight is 238 g/mol. The van der Waals surface area contributed by atoms with E-state index in [9.17, 15) is 26.3 Å². The van der Waals surface area contributed by atoms with Crippen LogP contribution in [0.15, 0.2) is 0 Å². The second-order valence-corrected chi connectivity index (χ2v) is 2.81. The van der Waals surface area contributed by atoms with Crippen LogP contribution in [0, 0.1) is 0 Å². The maximum atomic E-state index is 12.7. The maximum absolute atomic E-state index is 12.7. The summed E-state index contributed by atoms with van der Waals surface area (Å²) in [6, 6.07) is -4.65. The first-order valence-corrected chi connectivity index (χ1v) is 4.26. The molecule has 92 valence electrons. The number of hydrazine groups is 1. The number of hydrogen-bond donors (Lipinski definition) is 1. The predicted octanol–water partition coefficient (Wildman–Crippen LogP) is 2.33. The van der Waals surface area contributed by atoms with Crippen LogP contribution in [0.4, 0.5) is 26.3 Å². The van der Waals surface area contributed by atoms with Crippen LogP contribution >= 0.6 is 0 Å². The van der Waals surface area contributed by atoms with Gasteiger partial charge in [0.2, 0.25) is 0 Å². The van der Waals surface area contributed by atoms with Gasteiger partial charge in [0, 0.05) is 13.1 Å². The Hall–Kier alpha value is -0.500. The average Bonchev–Trinajstić information content (AvgIpc) is 2.11. The molecule has 0 aliphatic rings. The fourth-order valence-electron chi connectivity index (χ4n) is 0.855. The topological polar surface area (TPSA) is 15.3 Å². The van der Waals surface area contributed by atoms with Crippen molar-refractivity contribution in [2.45, 2.75) is 32.2 Å². The lowest BCUT2D eigenvalue weighted by molar-refractivity contribution is -0.265. The standard InChI is InChI=1S/C7H12F6N2/c1-3-15(4-2)14-7(12,13)5(8)6(9,10)11/h5,14H,3-4H2,1-2H3. The van der Waals surface area contributed by atoms with E-state index >= 15 is 0 Å². The van der Waals surface area contributed by atoms with Gasteiger partial charge in [0.25, 0.3) is 6.17 Å². The van der Waals surface area contributed by atoms with Crippen molar-refractivity contribution in [1.82, 2.24) is 10.4 Å². The van der Waals surface area contributed by atoms with Crippen LogP contribution in [0.1, 0.15) is 13.8 Å². The summed E-state index contributed by atoms with van der Waals surface area (Å²) in [6.45, 7) is 2.98. The van der Waals surface area contributed by atoms with Gasteiger partial charge < -0.3 is 0 Å². The fourth-order valence-corrected chi connectivity index (χ4v) is 0.855. The molecule has 0 rings (SSSR count). The number of halogens is 6. The summed E-state index contributed by atoms with van der Waals surface area (Å²) in [5, 5.41) is 0.790. The number of hydrogen-bond acceptors (Lipinski definition) is 2. The lowest BCUT2D eigenvalue weighted by Crippen LogP contribution is -2.57. The van der Waals surface area contributed by atoms with E-state index in [-0.39, 0.29) is 13.1 Å². The monoisotopic (exact) mass is 238 g/mol. The van der Waals surface area contributed by atoms with Crippen LogP contribution in [-0.4, -0.2) is 36.5 Å². The fraction of sp³-hybridized carbons (Fsp3) is 1.00. The van der Waals surface area contributed by atoms with Crippen molar-refractivity contribution in [3.63, 3.8) is 0 Å². The summed E-state index contributed by atoms with van der Waals surface area (Å²) in [5.41, 5.74) is 1.20. The Bertz CT molecular complexity index is 188. The van der Waals surface area contributed by atoms with E-state index in [0.29, 0.717) is 0 Å². The van der Waals surface area contributed by atoms with E-state index in [1.165, 1.54) is 19.3 Å². The SMILES string of the molecule is CCN(CC)NC(F)(F)C(F)C(F)(F)F. The highest BCUT2D eigenvalue weighted by molar-refractivity contribution is 4.79. The van der Waals surface area contributed by atoms with Gasteiger partial charge in [0.05, 0.1) is 0 Å². The van der Waals surface area contributed by atoms with Crippen LogP contribution in [-0.2, 0) is 0 Å². The summed E-state index contributed by atoms with van der Waals surface area (Å²) in [4.78, 5) is 0. The van der Waals surface area contributed by atoms with Crippen molar-refractivity contribution in [3.05, 3.63) is 0 Å². The van der Waals surface area contributed by atoms with Gasteiger partial charge in [-0.2, -0.15) is 27.4 Å². The molecule has 0 aromatic carbocycles. The van der Waals surface area contributed by atoms with Crippen molar-refractivity contribution < 1.29 is 26.3 Å². The predicted molar refractivity (Wildman–Crippen MR) is 42.0 cm³/mol. The third-order valence-corrected chi connectivity index (χ3v) is 1.68. The van der Waals surface area contributed by atoms with E-state index in [1.807, 2.05) is 0 Å². The summed E-state index contributed by atoms with van der Waals surface area (Å²) in [5.74, 6) is 0. The van der Waals surface area contributed by atoms with Gasteiger partial charge >= 0.3 is 12.2 Å². The van der Waals surface area contributed by atoms with Crippen molar-refractivity contribution in [3.8, 4) is 0 Å². The van der Waals surface area contributed by atoms with Crippen molar-refractivity contribution in [1.29, 1.82) is 0 Å². The van der Waals surface area contributed by atoms with Gasteiger partial charge in [-0.1, -0.05) is 13.8 Å². The quantitative estimate of drug-likeness (QED) is 0.449. The Morgan fingerprint density at radius 2 is 1.47 bits per heavy atom. The van der Waals surface area contributed by atoms with Gasteiger partial charge in [-0.3, -0.25) is 0 Å². The van der Waals surface area contributed by atoms with Gasteiger partial charge in [0.1, 0.15) is 0 Å². The molecule has 0 bridgehead atoms. The molecule has 0 amide bonds. The van der Waals surface area contributed by atoms with E-state index in [4.69, 9.17) is 0 Å². The number of nitrogens with zero attached hydrogens (tertiary/aromatic N) is 1. The van der Waals surface area contributed by atoms with E-state index in [1.54, 1.807) is 0 Å². The molecule has 0 heterocycles. The van der Waals surface area contributed by atoms with Crippen LogP contribution in [0.3, 0.4) is 0 Å². The molecule has 0 aromatic rings. The van der Waals surface area contributed by atoms with Crippen LogP contribution in [0.2, 0.25) is 0 Å². The molecule has 0 aromatic heterocycles. The second-order valence-electron chi connectivity index (χ2n) is 2.81. The largest absolute Gasteiger partial charge is 0.427 e. The first-order valence-electron chi connectivity index (χ1n) is 4.26. The molecule has 15 heavy (non-hydrogen) atoms. The number of rotatable bonds is 5. The Labute approximate surface area is 83.2 Å². The normalized spacial score (nSPS) is 15.8. The Morgan fingerprint density at radius 3 is 1.73 bits per heavy atom. The smallest absolute Gasteiger partial charge is 0.240 e. The molecule has 1 unspecified atom stereocenters. The molecule has 1 N–H and O–H groups in total. The van der Waals surface area contributed by atoms with E-state index < -0.39 is 18.4 Å². The summed E-state index contributed by atoms with van der Waals surface area (Å²) >= 11 is 0. The zero-order valence-electron chi connectivity index (χ0n) is 8.21. The second kappa shape index (κ2) is 5.02. The van der Waals surface area contributed by atoms with Crippen molar-refractivity contribution >= 4 is 0 Å². The third-order valence-electron chi connectivity index (χ3n) is 1.68. The molecule has 1 atom stereocenters. The molecule has 0 spiro atoms. The summed E-state index contributed by atoms with van der Waals surface area (Å²) in [7, 11) is 0. The molecule has 0 saturated carbocycles. The Morgan fingerprint density at radius 1 is 1.07 bits per heavy atom. The number of nitrogens with one attached hydrogen (secondary N) is 1. The first-order chi connectivity index (χ1) is 6.65. The molecule has 0 aliphatic carbocycles. The first kappa shape index (κ1) is 14.5. The molecule has 0 aliphatic heterocycles. The van der Waals surface area contributed by atoms with Gasteiger partial charge in [-0.05, 0) is 0 Å².